The van der Waals surface area contributed by atoms with Crippen molar-refractivity contribution >= 4 is 17.7 Å². The second-order valence-electron chi connectivity index (χ2n) is 10.4. The van der Waals surface area contributed by atoms with E-state index >= 15 is 0 Å². The summed E-state index contributed by atoms with van der Waals surface area (Å²) in [7, 11) is 0. The van der Waals surface area contributed by atoms with E-state index < -0.39 is 5.60 Å². The number of nitrogens with zero attached hydrogens (tertiary/aromatic N) is 2. The molecule has 0 aromatic carbocycles. The summed E-state index contributed by atoms with van der Waals surface area (Å²) < 4.78 is 0. The number of piperidine rings is 1. The van der Waals surface area contributed by atoms with Gasteiger partial charge in [0.2, 0.25) is 0 Å². The van der Waals surface area contributed by atoms with Crippen molar-refractivity contribution in [1.82, 2.24) is 15.4 Å². The Morgan fingerprint density at radius 2 is 1.90 bits per heavy atom. The molecule has 160 valence electrons. The highest BCUT2D eigenvalue weighted by molar-refractivity contribution is 6.01. The number of allylic oxidation sites excluding steroid dienone is 1. The van der Waals surface area contributed by atoms with Crippen LogP contribution in [0.25, 0.3) is 6.08 Å². The van der Waals surface area contributed by atoms with Gasteiger partial charge in [0.25, 0.3) is 5.91 Å². The molecule has 0 spiro atoms. The molecule has 6 nitrogen and oxygen atoms in total. The smallest absolute Gasteiger partial charge is 0.269 e. The van der Waals surface area contributed by atoms with Gasteiger partial charge in [-0.2, -0.15) is 0 Å². The number of carbonyl (C=O) groups is 1. The monoisotopic (exact) mass is 408 g/mol. The van der Waals surface area contributed by atoms with E-state index in [1.54, 1.807) is 6.20 Å². The van der Waals surface area contributed by atoms with E-state index in [1.807, 2.05) is 0 Å². The van der Waals surface area contributed by atoms with Crippen molar-refractivity contribution in [3.05, 3.63) is 29.1 Å². The van der Waals surface area contributed by atoms with Gasteiger partial charge in [0.05, 0.1) is 22.5 Å². The van der Waals surface area contributed by atoms with Crippen LogP contribution < -0.4 is 10.7 Å². The summed E-state index contributed by atoms with van der Waals surface area (Å²) >= 11 is 0. The van der Waals surface area contributed by atoms with Gasteiger partial charge in [-0.15, -0.1) is 0 Å². The van der Waals surface area contributed by atoms with Crippen LogP contribution in [-0.4, -0.2) is 45.7 Å². The Hall–Kier alpha value is -1.92. The van der Waals surface area contributed by atoms with Crippen LogP contribution >= 0.6 is 0 Å². The van der Waals surface area contributed by atoms with Crippen LogP contribution in [-0.2, 0) is 6.42 Å². The number of rotatable bonds is 4. The number of nitrogens with one attached hydrogen (secondary N) is 2. The fourth-order valence-electron chi connectivity index (χ4n) is 7.12. The zero-order valence-corrected chi connectivity index (χ0v) is 17.6. The molecule has 3 N–H and O–H groups in total. The number of hydrazine groups is 1. The van der Waals surface area contributed by atoms with Crippen molar-refractivity contribution in [2.24, 2.45) is 17.8 Å². The Kier molecular flexibility index (Phi) is 4.43. The minimum Gasteiger partial charge on any atom is -0.390 e. The molecule has 7 rings (SSSR count). The largest absolute Gasteiger partial charge is 0.390 e. The first-order valence-electron chi connectivity index (χ1n) is 11.8. The lowest BCUT2D eigenvalue weighted by Gasteiger charge is -2.58. The van der Waals surface area contributed by atoms with Crippen molar-refractivity contribution in [1.29, 1.82) is 0 Å². The molecule has 1 aromatic heterocycles. The van der Waals surface area contributed by atoms with Crippen molar-refractivity contribution in [2.75, 3.05) is 18.4 Å². The van der Waals surface area contributed by atoms with Crippen molar-refractivity contribution in [3.8, 4) is 0 Å². The molecule has 0 radical (unpaired) electrons. The number of pyridine rings is 1. The number of amides is 1. The number of fused-ring (bicyclic) bond motifs is 1. The van der Waals surface area contributed by atoms with Gasteiger partial charge in [-0.3, -0.25) is 15.2 Å². The Balaban J connectivity index is 1.29. The predicted molar refractivity (Wildman–Crippen MR) is 116 cm³/mol. The standard InChI is InChI=1S/C24H32N4O2/c29-23(27-28-7-2-1-3-8-28)19-14-25-20-6-4-5-18(20)22(19)26-21-16-9-15-10-17(21)13-24(30,11-15)12-16/h4-5,14-17,21,30H,1-3,6-13H2,(H,25,26)(H,27,29)/t15?,16-,17+,21?,24?. The lowest BCUT2D eigenvalue weighted by atomic mass is 9.52. The number of carbonyl (C=O) groups excluding carboxylic acids is 1. The second-order valence-corrected chi connectivity index (χ2v) is 10.4. The number of hydrogen-bond acceptors (Lipinski definition) is 5. The fraction of sp³-hybridized carbons (Fsp3) is 0.667. The minimum atomic E-state index is -0.441. The molecule has 5 atom stereocenters. The van der Waals surface area contributed by atoms with Crippen molar-refractivity contribution in [2.45, 2.75) is 69.4 Å². The Labute approximate surface area is 178 Å². The topological polar surface area (TPSA) is 77.5 Å². The molecule has 3 unspecified atom stereocenters. The Bertz CT molecular complexity index is 875. The zero-order valence-electron chi connectivity index (χ0n) is 17.6. The van der Waals surface area contributed by atoms with Crippen LogP contribution in [0.1, 0.15) is 73.0 Å². The summed E-state index contributed by atoms with van der Waals surface area (Å²) in [5.41, 5.74) is 6.41. The molecule has 30 heavy (non-hydrogen) atoms. The lowest BCUT2D eigenvalue weighted by molar-refractivity contribution is -0.129. The van der Waals surface area contributed by atoms with Gasteiger partial charge in [-0.25, -0.2) is 5.01 Å². The van der Waals surface area contributed by atoms with Gasteiger partial charge in [0, 0.05) is 37.3 Å². The summed E-state index contributed by atoms with van der Waals surface area (Å²) in [5, 5.41) is 16.8. The molecule has 5 aliphatic carbocycles. The van der Waals surface area contributed by atoms with E-state index in [2.05, 4.69) is 32.9 Å². The second kappa shape index (κ2) is 7.06. The van der Waals surface area contributed by atoms with Crippen molar-refractivity contribution in [3.63, 3.8) is 0 Å². The molecular formula is C24H32N4O2. The number of aromatic nitrogens is 1. The van der Waals surface area contributed by atoms with Crippen LogP contribution in [0, 0.1) is 17.8 Å². The predicted octanol–water partition coefficient (Wildman–Crippen LogP) is 3.13. The molecule has 1 aliphatic heterocycles. The molecule has 4 bridgehead atoms. The number of aliphatic hydroxyl groups is 1. The summed E-state index contributed by atoms with van der Waals surface area (Å²) in [4.78, 5) is 17.8. The molecule has 2 heterocycles. The molecule has 5 fully saturated rings. The quantitative estimate of drug-likeness (QED) is 0.714. The highest BCUT2D eigenvalue weighted by Crippen LogP contribution is 2.56. The van der Waals surface area contributed by atoms with E-state index in [1.165, 1.54) is 19.3 Å². The fourth-order valence-corrected chi connectivity index (χ4v) is 7.12. The van der Waals surface area contributed by atoms with Crippen LogP contribution in [0.4, 0.5) is 5.69 Å². The summed E-state index contributed by atoms with van der Waals surface area (Å²) in [6.07, 6.45) is 15.5. The SMILES string of the molecule is O=C(NN1CCCCC1)c1cnc2c(c1NC1[C@@H]3CC4C[C@H]1CC(O)(C4)C3)C=CC2. The Morgan fingerprint density at radius 3 is 2.63 bits per heavy atom. The maximum Gasteiger partial charge on any atom is 0.269 e. The van der Waals surface area contributed by atoms with Crippen LogP contribution in [0.2, 0.25) is 0 Å². The van der Waals surface area contributed by atoms with Crippen LogP contribution in [0.15, 0.2) is 12.3 Å². The first-order chi connectivity index (χ1) is 14.6. The van der Waals surface area contributed by atoms with E-state index in [9.17, 15) is 9.90 Å². The maximum atomic E-state index is 13.2. The molecule has 6 aliphatic rings. The molecular weight excluding hydrogens is 376 g/mol. The van der Waals surface area contributed by atoms with Gasteiger partial charge < -0.3 is 10.4 Å². The van der Waals surface area contributed by atoms with Gasteiger partial charge in [0.15, 0.2) is 0 Å². The van der Waals surface area contributed by atoms with Gasteiger partial charge in [0.1, 0.15) is 0 Å². The third kappa shape index (κ3) is 3.16. The third-order valence-corrected chi connectivity index (χ3v) is 8.21. The molecule has 4 saturated carbocycles. The lowest BCUT2D eigenvalue weighted by Crippen LogP contribution is -2.59. The number of hydrogen-bond donors (Lipinski definition) is 3. The van der Waals surface area contributed by atoms with E-state index in [0.29, 0.717) is 29.4 Å². The third-order valence-electron chi connectivity index (χ3n) is 8.21. The van der Waals surface area contributed by atoms with Crippen molar-refractivity contribution < 1.29 is 9.90 Å². The van der Waals surface area contributed by atoms with E-state index in [-0.39, 0.29) is 5.91 Å². The van der Waals surface area contributed by atoms with Gasteiger partial charge in [-0.1, -0.05) is 18.6 Å². The maximum absolute atomic E-state index is 13.2. The average Bonchev–Trinajstić information content (AvgIpc) is 3.19. The highest BCUT2D eigenvalue weighted by Gasteiger charge is 2.54. The summed E-state index contributed by atoms with van der Waals surface area (Å²) in [6, 6.07) is 0.337. The average molecular weight is 409 g/mol. The van der Waals surface area contributed by atoms with Crippen LogP contribution in [0.3, 0.4) is 0 Å². The van der Waals surface area contributed by atoms with E-state index in [0.717, 1.165) is 68.6 Å². The molecule has 1 aromatic rings. The molecule has 1 saturated heterocycles. The first kappa shape index (κ1) is 18.8. The summed E-state index contributed by atoms with van der Waals surface area (Å²) in [6.45, 7) is 1.83. The highest BCUT2D eigenvalue weighted by atomic mass is 16.3. The first-order valence-corrected chi connectivity index (χ1v) is 11.8. The normalized spacial score (nSPS) is 36.7. The van der Waals surface area contributed by atoms with Gasteiger partial charge >= 0.3 is 0 Å². The minimum absolute atomic E-state index is 0.0579. The molecule has 6 heteroatoms. The zero-order chi connectivity index (χ0) is 20.3. The van der Waals surface area contributed by atoms with E-state index in [4.69, 9.17) is 0 Å². The van der Waals surface area contributed by atoms with Gasteiger partial charge in [-0.05, 0) is 62.7 Å². The van der Waals surface area contributed by atoms with Crippen LogP contribution in [0.5, 0.6) is 0 Å². The Morgan fingerprint density at radius 1 is 1.13 bits per heavy atom. The molecule has 1 amide bonds. The summed E-state index contributed by atoms with van der Waals surface area (Å²) in [5.74, 6) is 1.61. The number of anilines is 1.